The minimum Gasteiger partial charge on any atom is -0.491 e. The van der Waals surface area contributed by atoms with Gasteiger partial charge in [-0.05, 0) is 62.6 Å². The molecule has 27 heavy (non-hydrogen) atoms. The highest BCUT2D eigenvalue weighted by Gasteiger charge is 2.19. The quantitative estimate of drug-likeness (QED) is 0.752. The lowest BCUT2D eigenvalue weighted by Crippen LogP contribution is -2.32. The molecule has 1 heterocycles. The Hall–Kier alpha value is -2.53. The molecule has 0 saturated carbocycles. The van der Waals surface area contributed by atoms with E-state index in [0.717, 1.165) is 36.4 Å². The second kappa shape index (κ2) is 9.42. The Morgan fingerprint density at radius 1 is 1.15 bits per heavy atom. The fourth-order valence-electron chi connectivity index (χ4n) is 2.93. The molecule has 1 aliphatic heterocycles. The standard InChI is InChI=1S/C22H27NO4/c1-3-21(27-19-10-6-16(2)7-11-19)22(24)23-17-8-12-18(13-9-17)26-15-20-5-4-14-25-20/h6-13,20-21H,3-5,14-15H2,1-2H3,(H,23,24)/t20-,21-/m1/s1. The average molecular weight is 369 g/mol. The number of carbonyl (C=O) groups excluding carboxylic acids is 1. The summed E-state index contributed by atoms with van der Waals surface area (Å²) in [5.74, 6) is 1.30. The molecule has 1 amide bonds. The predicted octanol–water partition coefficient (Wildman–Crippen LogP) is 4.35. The molecule has 3 rings (SSSR count). The molecule has 1 aliphatic rings. The van der Waals surface area contributed by atoms with Gasteiger partial charge in [0.2, 0.25) is 0 Å². The van der Waals surface area contributed by atoms with E-state index in [9.17, 15) is 4.79 Å². The maximum Gasteiger partial charge on any atom is 0.265 e. The second-order valence-corrected chi connectivity index (χ2v) is 6.79. The van der Waals surface area contributed by atoms with Crippen LogP contribution in [0.3, 0.4) is 0 Å². The summed E-state index contributed by atoms with van der Waals surface area (Å²) < 4.78 is 17.1. The van der Waals surface area contributed by atoms with E-state index in [1.807, 2.05) is 62.4 Å². The third kappa shape index (κ3) is 5.73. The third-order valence-electron chi connectivity index (χ3n) is 4.54. The molecule has 5 nitrogen and oxygen atoms in total. The van der Waals surface area contributed by atoms with E-state index in [0.29, 0.717) is 18.8 Å². The Balaban J connectivity index is 1.51. The minimum absolute atomic E-state index is 0.161. The first kappa shape index (κ1) is 19.2. The van der Waals surface area contributed by atoms with E-state index < -0.39 is 6.10 Å². The molecule has 0 aliphatic carbocycles. The van der Waals surface area contributed by atoms with Crippen LogP contribution in [-0.2, 0) is 9.53 Å². The van der Waals surface area contributed by atoms with Gasteiger partial charge < -0.3 is 19.5 Å². The van der Waals surface area contributed by atoms with E-state index in [-0.39, 0.29) is 12.0 Å². The number of hydrogen-bond donors (Lipinski definition) is 1. The number of aryl methyl sites for hydroxylation is 1. The smallest absolute Gasteiger partial charge is 0.265 e. The van der Waals surface area contributed by atoms with Gasteiger partial charge in [-0.25, -0.2) is 0 Å². The number of hydrogen-bond acceptors (Lipinski definition) is 4. The van der Waals surface area contributed by atoms with Gasteiger partial charge in [-0.3, -0.25) is 4.79 Å². The summed E-state index contributed by atoms with van der Waals surface area (Å²) in [7, 11) is 0. The van der Waals surface area contributed by atoms with Crippen LogP contribution in [0, 0.1) is 6.92 Å². The maximum atomic E-state index is 12.5. The van der Waals surface area contributed by atoms with Crippen LogP contribution in [0.25, 0.3) is 0 Å². The van der Waals surface area contributed by atoms with Gasteiger partial charge in [0.05, 0.1) is 6.10 Å². The van der Waals surface area contributed by atoms with Crippen LogP contribution in [0.5, 0.6) is 11.5 Å². The highest BCUT2D eigenvalue weighted by molar-refractivity contribution is 5.94. The van der Waals surface area contributed by atoms with Crippen LogP contribution in [0.2, 0.25) is 0 Å². The van der Waals surface area contributed by atoms with Crippen molar-refractivity contribution >= 4 is 11.6 Å². The van der Waals surface area contributed by atoms with Gasteiger partial charge in [0.1, 0.15) is 18.1 Å². The van der Waals surface area contributed by atoms with Gasteiger partial charge in [-0.15, -0.1) is 0 Å². The lowest BCUT2D eigenvalue weighted by Gasteiger charge is -2.17. The van der Waals surface area contributed by atoms with Crippen molar-refractivity contribution in [2.75, 3.05) is 18.5 Å². The van der Waals surface area contributed by atoms with E-state index >= 15 is 0 Å². The van der Waals surface area contributed by atoms with Gasteiger partial charge in [0.25, 0.3) is 5.91 Å². The molecule has 2 atom stereocenters. The first-order valence-electron chi connectivity index (χ1n) is 9.52. The van der Waals surface area contributed by atoms with Crippen LogP contribution >= 0.6 is 0 Å². The number of anilines is 1. The summed E-state index contributed by atoms with van der Waals surface area (Å²) in [6, 6.07) is 15.1. The largest absolute Gasteiger partial charge is 0.491 e. The first-order chi connectivity index (χ1) is 13.1. The lowest BCUT2D eigenvalue weighted by atomic mass is 10.2. The molecule has 1 fully saturated rings. The topological polar surface area (TPSA) is 56.8 Å². The molecule has 2 aromatic rings. The number of amides is 1. The molecule has 0 spiro atoms. The monoisotopic (exact) mass is 369 g/mol. The van der Waals surface area contributed by atoms with Crippen molar-refractivity contribution in [1.82, 2.24) is 0 Å². The number of carbonyl (C=O) groups is 1. The number of benzene rings is 2. The molecule has 0 aromatic heterocycles. The second-order valence-electron chi connectivity index (χ2n) is 6.79. The Morgan fingerprint density at radius 3 is 2.48 bits per heavy atom. The fourth-order valence-corrected chi connectivity index (χ4v) is 2.93. The van der Waals surface area contributed by atoms with Crippen LogP contribution in [-0.4, -0.2) is 31.3 Å². The van der Waals surface area contributed by atoms with Crippen molar-refractivity contribution in [2.24, 2.45) is 0 Å². The Bertz CT molecular complexity index is 721. The molecule has 0 radical (unpaired) electrons. The van der Waals surface area contributed by atoms with Crippen molar-refractivity contribution in [3.05, 3.63) is 54.1 Å². The van der Waals surface area contributed by atoms with Gasteiger partial charge >= 0.3 is 0 Å². The zero-order valence-corrected chi connectivity index (χ0v) is 15.9. The van der Waals surface area contributed by atoms with E-state index in [2.05, 4.69) is 5.32 Å². The molecule has 0 unspecified atom stereocenters. The molecular formula is C22H27NO4. The summed E-state index contributed by atoms with van der Waals surface area (Å²) in [5, 5.41) is 2.90. The predicted molar refractivity (Wildman–Crippen MR) is 105 cm³/mol. The number of ether oxygens (including phenoxy) is 3. The molecule has 1 N–H and O–H groups in total. The highest BCUT2D eigenvalue weighted by Crippen LogP contribution is 2.20. The molecule has 144 valence electrons. The molecular weight excluding hydrogens is 342 g/mol. The summed E-state index contributed by atoms with van der Waals surface area (Å²) >= 11 is 0. The first-order valence-corrected chi connectivity index (χ1v) is 9.52. The summed E-state index contributed by atoms with van der Waals surface area (Å²) in [5.41, 5.74) is 1.87. The van der Waals surface area contributed by atoms with Crippen molar-refractivity contribution < 1.29 is 19.0 Å². The molecule has 0 bridgehead atoms. The van der Waals surface area contributed by atoms with Crippen LogP contribution < -0.4 is 14.8 Å². The molecule has 1 saturated heterocycles. The number of nitrogens with one attached hydrogen (secondary N) is 1. The molecule has 5 heteroatoms. The van der Waals surface area contributed by atoms with E-state index in [1.165, 1.54) is 0 Å². The Labute approximate surface area is 160 Å². The van der Waals surface area contributed by atoms with E-state index in [4.69, 9.17) is 14.2 Å². The van der Waals surface area contributed by atoms with Gasteiger partial charge in [0.15, 0.2) is 6.10 Å². The summed E-state index contributed by atoms with van der Waals surface area (Å²) in [6.45, 7) is 5.33. The Morgan fingerprint density at radius 2 is 1.85 bits per heavy atom. The van der Waals surface area contributed by atoms with Crippen molar-refractivity contribution in [3.8, 4) is 11.5 Å². The zero-order valence-electron chi connectivity index (χ0n) is 15.9. The summed E-state index contributed by atoms with van der Waals surface area (Å²) in [6.07, 6.45) is 2.38. The lowest BCUT2D eigenvalue weighted by molar-refractivity contribution is -0.122. The van der Waals surface area contributed by atoms with Crippen molar-refractivity contribution in [3.63, 3.8) is 0 Å². The highest BCUT2D eigenvalue weighted by atomic mass is 16.5. The van der Waals surface area contributed by atoms with Crippen LogP contribution in [0.15, 0.2) is 48.5 Å². The van der Waals surface area contributed by atoms with Gasteiger partial charge in [-0.1, -0.05) is 24.6 Å². The van der Waals surface area contributed by atoms with Crippen molar-refractivity contribution in [1.29, 1.82) is 0 Å². The maximum absolute atomic E-state index is 12.5. The zero-order chi connectivity index (χ0) is 19.1. The van der Waals surface area contributed by atoms with Crippen molar-refractivity contribution in [2.45, 2.75) is 45.3 Å². The van der Waals surface area contributed by atoms with Crippen LogP contribution in [0.4, 0.5) is 5.69 Å². The van der Waals surface area contributed by atoms with E-state index in [1.54, 1.807) is 0 Å². The average Bonchev–Trinajstić information content (AvgIpc) is 3.20. The van der Waals surface area contributed by atoms with Gasteiger partial charge in [-0.2, -0.15) is 0 Å². The van der Waals surface area contributed by atoms with Gasteiger partial charge in [0, 0.05) is 12.3 Å². The number of rotatable bonds is 8. The fraction of sp³-hybridized carbons (Fsp3) is 0.409. The molecule has 2 aromatic carbocycles. The van der Waals surface area contributed by atoms with Crippen LogP contribution in [0.1, 0.15) is 31.7 Å². The summed E-state index contributed by atoms with van der Waals surface area (Å²) in [4.78, 5) is 12.5. The SMILES string of the molecule is CC[C@@H](Oc1ccc(C)cc1)C(=O)Nc1ccc(OC[C@H]2CCCO2)cc1. The third-order valence-corrected chi connectivity index (χ3v) is 4.54. The minimum atomic E-state index is -0.539. The normalized spacial score (nSPS) is 17.3. The Kier molecular flexibility index (Phi) is 6.71.